The Morgan fingerprint density at radius 1 is 1.12 bits per heavy atom. The molecule has 1 aliphatic heterocycles. The number of carbonyl (C=O) groups excluding carboxylic acids is 3. The predicted molar refractivity (Wildman–Crippen MR) is 124 cm³/mol. The van der Waals surface area contributed by atoms with Crippen LogP contribution in [0.1, 0.15) is 49.0 Å². The largest absolute Gasteiger partial charge is 0.354 e. The van der Waals surface area contributed by atoms with Crippen LogP contribution in [0.3, 0.4) is 0 Å². The first kappa shape index (κ1) is 25.4. The molecule has 0 unspecified atom stereocenters. The van der Waals surface area contributed by atoms with Gasteiger partial charge in [-0.05, 0) is 43.2 Å². The van der Waals surface area contributed by atoms with E-state index < -0.39 is 33.7 Å². The first-order valence-electron chi connectivity index (χ1n) is 11.1. The number of sulfonamides is 1. The summed E-state index contributed by atoms with van der Waals surface area (Å²) in [6.45, 7) is 3.72. The molecule has 0 radical (unpaired) electrons. The Balaban J connectivity index is 1.76. The SMILES string of the molecule is CCCCNC(=O)[C@@H](C)N(Cc1ccc(F)cc1)C(=O)CCN1C(=O)c2ccccc2S1(=O)=O. The molecule has 0 fully saturated rings. The second kappa shape index (κ2) is 10.8. The third kappa shape index (κ3) is 5.44. The zero-order valence-corrected chi connectivity index (χ0v) is 20.0. The van der Waals surface area contributed by atoms with E-state index in [1.165, 1.54) is 47.4 Å². The van der Waals surface area contributed by atoms with Crippen LogP contribution in [0.15, 0.2) is 53.4 Å². The molecule has 182 valence electrons. The molecule has 3 amide bonds. The lowest BCUT2D eigenvalue weighted by Gasteiger charge is -2.29. The van der Waals surface area contributed by atoms with Gasteiger partial charge in [-0.2, -0.15) is 0 Å². The van der Waals surface area contributed by atoms with Gasteiger partial charge >= 0.3 is 0 Å². The van der Waals surface area contributed by atoms with E-state index in [9.17, 15) is 27.2 Å². The third-order valence-electron chi connectivity index (χ3n) is 5.70. The molecule has 0 saturated carbocycles. The molecule has 1 N–H and O–H groups in total. The van der Waals surface area contributed by atoms with Gasteiger partial charge in [0.1, 0.15) is 16.8 Å². The van der Waals surface area contributed by atoms with Crippen molar-refractivity contribution in [1.82, 2.24) is 14.5 Å². The van der Waals surface area contributed by atoms with Crippen molar-refractivity contribution in [3.05, 3.63) is 65.5 Å². The molecule has 2 aromatic carbocycles. The standard InChI is InChI=1S/C24H28FN3O5S/c1-3-4-14-26-23(30)17(2)27(16-18-9-11-19(25)12-10-18)22(29)13-15-28-24(31)20-7-5-6-8-21(20)34(28,32)33/h5-12,17H,3-4,13-16H2,1-2H3,(H,26,30)/t17-/m1/s1. The average molecular weight is 490 g/mol. The van der Waals surface area contributed by atoms with E-state index in [0.29, 0.717) is 16.4 Å². The van der Waals surface area contributed by atoms with Crippen molar-refractivity contribution < 1.29 is 27.2 Å². The van der Waals surface area contributed by atoms with Gasteiger partial charge in [-0.15, -0.1) is 0 Å². The molecule has 0 spiro atoms. The molecule has 1 aliphatic rings. The number of hydrogen-bond acceptors (Lipinski definition) is 5. The summed E-state index contributed by atoms with van der Waals surface area (Å²) in [6, 6.07) is 10.6. The second-order valence-electron chi connectivity index (χ2n) is 8.10. The highest BCUT2D eigenvalue weighted by molar-refractivity contribution is 7.90. The Hall–Kier alpha value is -3.27. The first-order valence-corrected chi connectivity index (χ1v) is 12.6. The zero-order chi connectivity index (χ0) is 24.9. The van der Waals surface area contributed by atoms with Gasteiger partial charge in [0, 0.05) is 26.1 Å². The van der Waals surface area contributed by atoms with Gasteiger partial charge in [0.15, 0.2) is 0 Å². The summed E-state index contributed by atoms with van der Waals surface area (Å²) in [4.78, 5) is 39.7. The topological polar surface area (TPSA) is 104 Å². The van der Waals surface area contributed by atoms with Crippen LogP contribution >= 0.6 is 0 Å². The number of benzene rings is 2. The summed E-state index contributed by atoms with van der Waals surface area (Å²) in [5.41, 5.74) is 0.682. The third-order valence-corrected chi connectivity index (χ3v) is 7.54. The quantitative estimate of drug-likeness (QED) is 0.517. The van der Waals surface area contributed by atoms with Gasteiger partial charge < -0.3 is 10.2 Å². The minimum absolute atomic E-state index is 0.0302. The minimum Gasteiger partial charge on any atom is -0.354 e. The summed E-state index contributed by atoms with van der Waals surface area (Å²) in [6.07, 6.45) is 1.39. The highest BCUT2D eigenvalue weighted by atomic mass is 32.2. The maximum absolute atomic E-state index is 13.3. The van der Waals surface area contributed by atoms with Crippen molar-refractivity contribution in [2.45, 2.75) is 50.6 Å². The number of rotatable bonds is 10. The van der Waals surface area contributed by atoms with Crippen molar-refractivity contribution >= 4 is 27.7 Å². The van der Waals surface area contributed by atoms with Gasteiger partial charge in [0.25, 0.3) is 15.9 Å². The van der Waals surface area contributed by atoms with Crippen molar-refractivity contribution in [3.63, 3.8) is 0 Å². The molecule has 0 bridgehead atoms. The highest BCUT2D eigenvalue weighted by Crippen LogP contribution is 2.30. The summed E-state index contributed by atoms with van der Waals surface area (Å²) in [5, 5.41) is 2.79. The molecule has 10 heteroatoms. The van der Waals surface area contributed by atoms with Crippen molar-refractivity contribution in [1.29, 1.82) is 0 Å². The Kier molecular flexibility index (Phi) is 8.03. The number of halogens is 1. The first-order chi connectivity index (χ1) is 16.2. The van der Waals surface area contributed by atoms with E-state index in [0.717, 1.165) is 12.8 Å². The molecule has 2 aromatic rings. The number of carbonyl (C=O) groups is 3. The molecule has 8 nitrogen and oxygen atoms in total. The normalized spacial score (nSPS) is 15.0. The molecule has 0 aromatic heterocycles. The lowest BCUT2D eigenvalue weighted by atomic mass is 10.1. The highest BCUT2D eigenvalue weighted by Gasteiger charge is 2.41. The number of nitrogens with one attached hydrogen (secondary N) is 1. The maximum Gasteiger partial charge on any atom is 0.269 e. The van der Waals surface area contributed by atoms with Gasteiger partial charge in [-0.25, -0.2) is 17.1 Å². The number of fused-ring (bicyclic) bond motifs is 1. The molecule has 0 aliphatic carbocycles. The lowest BCUT2D eigenvalue weighted by molar-refractivity contribution is -0.140. The number of nitrogens with zero attached hydrogens (tertiary/aromatic N) is 2. The van der Waals surface area contributed by atoms with Gasteiger partial charge in [-0.3, -0.25) is 14.4 Å². The number of unbranched alkanes of at least 4 members (excludes halogenated alkanes) is 1. The number of hydrogen-bond donors (Lipinski definition) is 1. The molecular weight excluding hydrogens is 461 g/mol. The van der Waals surface area contributed by atoms with Crippen LogP contribution in [-0.2, 0) is 26.2 Å². The summed E-state index contributed by atoms with van der Waals surface area (Å²) >= 11 is 0. The van der Waals surface area contributed by atoms with Crippen LogP contribution in [0, 0.1) is 5.82 Å². The molecule has 34 heavy (non-hydrogen) atoms. The lowest BCUT2D eigenvalue weighted by Crippen LogP contribution is -2.48. The Morgan fingerprint density at radius 3 is 2.44 bits per heavy atom. The molecule has 3 rings (SSSR count). The number of amides is 3. The van der Waals surface area contributed by atoms with Crippen molar-refractivity contribution in [2.75, 3.05) is 13.1 Å². The summed E-state index contributed by atoms with van der Waals surface area (Å²) in [7, 11) is -4.04. The summed E-state index contributed by atoms with van der Waals surface area (Å²) in [5.74, 6) is -1.95. The van der Waals surface area contributed by atoms with E-state index in [1.54, 1.807) is 13.0 Å². The van der Waals surface area contributed by atoms with Crippen molar-refractivity contribution in [3.8, 4) is 0 Å². The Morgan fingerprint density at radius 2 is 1.79 bits per heavy atom. The molecule has 0 saturated heterocycles. The fraction of sp³-hybridized carbons (Fsp3) is 0.375. The molecule has 1 atom stereocenters. The van der Waals surface area contributed by atoms with Crippen molar-refractivity contribution in [2.24, 2.45) is 0 Å². The zero-order valence-electron chi connectivity index (χ0n) is 19.2. The molecule has 1 heterocycles. The monoisotopic (exact) mass is 489 g/mol. The second-order valence-corrected chi connectivity index (χ2v) is 9.93. The fourth-order valence-corrected chi connectivity index (χ4v) is 5.27. The van der Waals surface area contributed by atoms with Crippen LogP contribution in [-0.4, -0.2) is 54.5 Å². The van der Waals surface area contributed by atoms with E-state index in [4.69, 9.17) is 0 Å². The van der Waals surface area contributed by atoms with E-state index >= 15 is 0 Å². The van der Waals surface area contributed by atoms with E-state index in [1.807, 2.05) is 6.92 Å². The average Bonchev–Trinajstić information content (AvgIpc) is 3.02. The fourth-order valence-electron chi connectivity index (χ4n) is 3.70. The summed E-state index contributed by atoms with van der Waals surface area (Å²) < 4.78 is 39.5. The van der Waals surface area contributed by atoms with Gasteiger partial charge in [0.05, 0.1) is 5.56 Å². The van der Waals surface area contributed by atoms with E-state index in [2.05, 4.69) is 5.32 Å². The maximum atomic E-state index is 13.3. The van der Waals surface area contributed by atoms with Crippen LogP contribution in [0.4, 0.5) is 4.39 Å². The smallest absolute Gasteiger partial charge is 0.269 e. The minimum atomic E-state index is -4.04. The Labute approximate surface area is 198 Å². The van der Waals surface area contributed by atoms with Crippen LogP contribution in [0.2, 0.25) is 0 Å². The Bertz CT molecular complexity index is 1170. The van der Waals surface area contributed by atoms with Crippen LogP contribution in [0.5, 0.6) is 0 Å². The van der Waals surface area contributed by atoms with Gasteiger partial charge in [0.2, 0.25) is 11.8 Å². The van der Waals surface area contributed by atoms with Crippen LogP contribution < -0.4 is 5.32 Å². The molecular formula is C24H28FN3O5S. The van der Waals surface area contributed by atoms with E-state index in [-0.39, 0.29) is 35.9 Å². The predicted octanol–water partition coefficient (Wildman–Crippen LogP) is 2.69. The van der Waals surface area contributed by atoms with Crippen LogP contribution in [0.25, 0.3) is 0 Å². The van der Waals surface area contributed by atoms with Gasteiger partial charge in [-0.1, -0.05) is 37.6 Å².